The topological polar surface area (TPSA) is 67.6 Å². The van der Waals surface area contributed by atoms with Gasteiger partial charge in [0.1, 0.15) is 11.7 Å². The quantitative estimate of drug-likeness (QED) is 0.578. The number of nitrogens with two attached hydrogens (primary N) is 1. The smallest absolute Gasteiger partial charge is 0.399 e. The van der Waals surface area contributed by atoms with Crippen LogP contribution in [0.3, 0.4) is 0 Å². The van der Waals surface area contributed by atoms with Crippen LogP contribution < -0.4 is 5.73 Å². The Kier molecular flexibility index (Phi) is 4.50. The zero-order valence-corrected chi connectivity index (χ0v) is 15.1. The molecule has 1 aromatic carbocycles. The summed E-state index contributed by atoms with van der Waals surface area (Å²) in [6, 6.07) is 10.3. The molecule has 0 atom stereocenters. The van der Waals surface area contributed by atoms with Crippen molar-refractivity contribution in [2.24, 2.45) is 0 Å². The molecule has 3 aromatic rings. The predicted octanol–water partition coefficient (Wildman–Crippen LogP) is 5.68. The molecule has 0 unspecified atom stereocenters. The Morgan fingerprint density at radius 1 is 1.11 bits per heavy atom. The molecule has 1 aliphatic carbocycles. The van der Waals surface area contributed by atoms with Crippen molar-refractivity contribution in [2.45, 2.75) is 44.3 Å². The van der Waals surface area contributed by atoms with Crippen molar-refractivity contribution < 1.29 is 13.2 Å². The van der Waals surface area contributed by atoms with Gasteiger partial charge in [0.2, 0.25) is 0 Å². The van der Waals surface area contributed by atoms with Crippen molar-refractivity contribution >= 4 is 16.7 Å². The van der Waals surface area contributed by atoms with E-state index in [0.717, 1.165) is 49.9 Å². The zero-order chi connectivity index (χ0) is 19.9. The van der Waals surface area contributed by atoms with E-state index >= 15 is 0 Å². The maximum Gasteiger partial charge on any atom is 0.417 e. The molecular weight excluding hydrogens is 365 g/mol. The molecule has 7 heteroatoms. The molecule has 2 N–H and O–H groups in total. The van der Waals surface area contributed by atoms with Crippen LogP contribution in [0.2, 0.25) is 0 Å². The molecule has 144 valence electrons. The van der Waals surface area contributed by atoms with Crippen LogP contribution in [-0.4, -0.2) is 9.55 Å². The SMILES string of the molecule is N#Cc1c(-c2ccc(N)cc2)n(C2CCCCC2)c2ncc(C(F)(F)F)cc12. The number of pyridine rings is 1. The molecular formula is C21H19F3N4. The normalized spacial score (nSPS) is 15.6. The van der Waals surface area contributed by atoms with Gasteiger partial charge < -0.3 is 10.3 Å². The summed E-state index contributed by atoms with van der Waals surface area (Å²) in [5.41, 5.74) is 7.56. The van der Waals surface area contributed by atoms with Crippen LogP contribution in [0, 0.1) is 11.3 Å². The third-order valence-electron chi connectivity index (χ3n) is 5.40. The lowest BCUT2D eigenvalue weighted by atomic mass is 9.94. The van der Waals surface area contributed by atoms with E-state index in [0.29, 0.717) is 17.0 Å². The van der Waals surface area contributed by atoms with Gasteiger partial charge in [-0.15, -0.1) is 0 Å². The molecule has 0 amide bonds. The number of halogens is 3. The highest BCUT2D eigenvalue weighted by Gasteiger charge is 2.33. The Hall–Kier alpha value is -3.01. The molecule has 1 fully saturated rings. The van der Waals surface area contributed by atoms with E-state index in [4.69, 9.17) is 5.73 Å². The van der Waals surface area contributed by atoms with Gasteiger partial charge in [-0.25, -0.2) is 4.98 Å². The Balaban J connectivity index is 2.03. The number of fused-ring (bicyclic) bond motifs is 1. The van der Waals surface area contributed by atoms with E-state index in [9.17, 15) is 18.4 Å². The first-order chi connectivity index (χ1) is 13.4. The summed E-state index contributed by atoms with van der Waals surface area (Å²) in [5, 5.41) is 10.1. The van der Waals surface area contributed by atoms with Crippen molar-refractivity contribution in [3.05, 3.63) is 47.7 Å². The maximum absolute atomic E-state index is 13.2. The summed E-state index contributed by atoms with van der Waals surface area (Å²) >= 11 is 0. The Morgan fingerprint density at radius 3 is 2.39 bits per heavy atom. The molecule has 4 rings (SSSR count). The average Bonchev–Trinajstić information content (AvgIpc) is 3.02. The van der Waals surface area contributed by atoms with Crippen molar-refractivity contribution in [1.29, 1.82) is 5.26 Å². The van der Waals surface area contributed by atoms with Gasteiger partial charge in [-0.05, 0) is 36.6 Å². The van der Waals surface area contributed by atoms with Crippen molar-refractivity contribution in [2.75, 3.05) is 5.73 Å². The number of benzene rings is 1. The van der Waals surface area contributed by atoms with Gasteiger partial charge in [0.05, 0.1) is 16.8 Å². The first-order valence-corrected chi connectivity index (χ1v) is 9.27. The number of aromatic nitrogens is 2. The van der Waals surface area contributed by atoms with Crippen LogP contribution in [0.15, 0.2) is 36.5 Å². The molecule has 1 aliphatic rings. The predicted molar refractivity (Wildman–Crippen MR) is 101 cm³/mol. The lowest BCUT2D eigenvalue weighted by Crippen LogP contribution is -2.14. The fourth-order valence-corrected chi connectivity index (χ4v) is 4.07. The second-order valence-corrected chi connectivity index (χ2v) is 7.21. The van der Waals surface area contributed by atoms with Crippen LogP contribution >= 0.6 is 0 Å². The lowest BCUT2D eigenvalue weighted by molar-refractivity contribution is -0.137. The van der Waals surface area contributed by atoms with Gasteiger partial charge in [-0.1, -0.05) is 31.4 Å². The number of nitriles is 1. The molecule has 0 bridgehead atoms. The van der Waals surface area contributed by atoms with Crippen LogP contribution in [-0.2, 0) is 6.18 Å². The summed E-state index contributed by atoms with van der Waals surface area (Å²) in [7, 11) is 0. The van der Waals surface area contributed by atoms with E-state index in [1.807, 2.05) is 4.57 Å². The molecule has 4 nitrogen and oxygen atoms in total. The molecule has 28 heavy (non-hydrogen) atoms. The van der Waals surface area contributed by atoms with E-state index < -0.39 is 11.7 Å². The number of alkyl halides is 3. The summed E-state index contributed by atoms with van der Waals surface area (Å²) in [4.78, 5) is 4.16. The van der Waals surface area contributed by atoms with Gasteiger partial charge in [0, 0.05) is 23.3 Å². The highest BCUT2D eigenvalue weighted by molar-refractivity contribution is 5.93. The highest BCUT2D eigenvalue weighted by atomic mass is 19.4. The van der Waals surface area contributed by atoms with E-state index in [1.54, 1.807) is 24.3 Å². The van der Waals surface area contributed by atoms with Gasteiger partial charge >= 0.3 is 6.18 Å². The minimum atomic E-state index is -4.51. The average molecular weight is 384 g/mol. The molecule has 2 heterocycles. The largest absolute Gasteiger partial charge is 0.417 e. The summed E-state index contributed by atoms with van der Waals surface area (Å²) in [6.45, 7) is 0. The molecule has 0 spiro atoms. The summed E-state index contributed by atoms with van der Waals surface area (Å²) < 4.78 is 41.7. The molecule has 1 saturated carbocycles. The van der Waals surface area contributed by atoms with Gasteiger partial charge in [-0.3, -0.25) is 0 Å². The number of nitrogens with zero attached hydrogens (tertiary/aromatic N) is 3. The van der Waals surface area contributed by atoms with Crippen LogP contribution in [0.5, 0.6) is 0 Å². The maximum atomic E-state index is 13.2. The summed E-state index contributed by atoms with van der Waals surface area (Å²) in [5.74, 6) is 0. The van der Waals surface area contributed by atoms with Gasteiger partial charge in [-0.2, -0.15) is 18.4 Å². The second kappa shape index (κ2) is 6.86. The van der Waals surface area contributed by atoms with Crippen molar-refractivity contribution in [3.63, 3.8) is 0 Å². The summed E-state index contributed by atoms with van der Waals surface area (Å²) in [6.07, 6.45) is 1.42. The molecule has 0 saturated heterocycles. The number of nitrogen functional groups attached to an aromatic ring is 1. The Labute approximate surface area is 160 Å². The number of hydrogen-bond donors (Lipinski definition) is 1. The van der Waals surface area contributed by atoms with Gasteiger partial charge in [0.25, 0.3) is 0 Å². The van der Waals surface area contributed by atoms with Crippen LogP contribution in [0.1, 0.15) is 49.3 Å². The number of anilines is 1. The Bertz CT molecular complexity index is 1050. The minimum Gasteiger partial charge on any atom is -0.399 e. The van der Waals surface area contributed by atoms with E-state index in [1.165, 1.54) is 0 Å². The lowest BCUT2D eigenvalue weighted by Gasteiger charge is -2.26. The Morgan fingerprint density at radius 2 is 1.79 bits per heavy atom. The zero-order valence-electron chi connectivity index (χ0n) is 15.1. The minimum absolute atomic E-state index is 0.107. The third kappa shape index (κ3) is 3.09. The van der Waals surface area contributed by atoms with E-state index in [2.05, 4.69) is 11.1 Å². The molecule has 0 aliphatic heterocycles. The fourth-order valence-electron chi connectivity index (χ4n) is 4.07. The highest BCUT2D eigenvalue weighted by Crippen LogP contribution is 2.41. The van der Waals surface area contributed by atoms with E-state index in [-0.39, 0.29) is 17.0 Å². The first-order valence-electron chi connectivity index (χ1n) is 9.27. The fraction of sp³-hybridized carbons (Fsp3) is 0.333. The molecule has 0 radical (unpaired) electrons. The third-order valence-corrected chi connectivity index (χ3v) is 5.40. The molecule has 2 aromatic heterocycles. The van der Waals surface area contributed by atoms with Crippen LogP contribution in [0.25, 0.3) is 22.3 Å². The standard InChI is InChI=1S/C21H19F3N4/c22-21(23,24)14-10-17-18(11-25)19(13-6-8-15(26)9-7-13)28(20(17)27-12-14)16-4-2-1-3-5-16/h6-10,12,16H,1-5,26H2. The first kappa shape index (κ1) is 18.4. The number of rotatable bonds is 2. The number of hydrogen-bond acceptors (Lipinski definition) is 3. The van der Waals surface area contributed by atoms with Gasteiger partial charge in [0.15, 0.2) is 0 Å². The van der Waals surface area contributed by atoms with Crippen LogP contribution in [0.4, 0.5) is 18.9 Å². The van der Waals surface area contributed by atoms with Crippen molar-refractivity contribution in [1.82, 2.24) is 9.55 Å². The second-order valence-electron chi connectivity index (χ2n) is 7.21. The monoisotopic (exact) mass is 384 g/mol. The van der Waals surface area contributed by atoms with Crippen molar-refractivity contribution in [3.8, 4) is 17.3 Å².